The van der Waals surface area contributed by atoms with Crippen LogP contribution < -0.4 is 11.1 Å². The van der Waals surface area contributed by atoms with Crippen LogP contribution >= 0.6 is 0 Å². The number of methoxy groups -OCH3 is 1. The fourth-order valence-corrected chi connectivity index (χ4v) is 1.79. The van der Waals surface area contributed by atoms with Crippen LogP contribution in [0, 0.1) is 5.92 Å². The number of ether oxygens (including phenoxy) is 1. The molecule has 0 aliphatic carbocycles. The van der Waals surface area contributed by atoms with E-state index in [-0.39, 0.29) is 18.4 Å². The van der Waals surface area contributed by atoms with Crippen molar-refractivity contribution in [3.8, 4) is 0 Å². The molecule has 0 aromatic rings. The first-order valence-corrected chi connectivity index (χ1v) is 7.20. The third-order valence-corrected chi connectivity index (χ3v) is 3.16. The first-order chi connectivity index (χ1) is 9.51. The number of nitrogens with one attached hydrogen (secondary N) is 1. The largest absolute Gasteiger partial charge is 0.385 e. The molecule has 6 heteroatoms. The molecular formula is C14H29N3O3. The second-order valence-corrected chi connectivity index (χ2v) is 5.17. The Kier molecular flexibility index (Phi) is 11.0. The number of rotatable bonds is 11. The number of hydrogen-bond donors (Lipinski definition) is 2. The number of amides is 2. The lowest BCUT2D eigenvalue weighted by atomic mass is 10.0. The summed E-state index contributed by atoms with van der Waals surface area (Å²) in [5, 5.41) is 2.76. The van der Waals surface area contributed by atoms with Gasteiger partial charge in [0.15, 0.2) is 0 Å². The molecule has 0 spiro atoms. The summed E-state index contributed by atoms with van der Waals surface area (Å²) in [4.78, 5) is 24.9. The number of carbonyl (C=O) groups excluding carboxylic acids is 2. The van der Waals surface area contributed by atoms with Gasteiger partial charge in [-0.1, -0.05) is 6.92 Å². The summed E-state index contributed by atoms with van der Waals surface area (Å²) in [5.41, 5.74) is 5.47. The van der Waals surface area contributed by atoms with E-state index in [1.807, 2.05) is 0 Å². The van der Waals surface area contributed by atoms with Gasteiger partial charge in [0.25, 0.3) is 0 Å². The zero-order valence-corrected chi connectivity index (χ0v) is 13.0. The third kappa shape index (κ3) is 9.75. The molecule has 118 valence electrons. The van der Waals surface area contributed by atoms with Crippen LogP contribution in [-0.4, -0.2) is 57.1 Å². The standard InChI is InChI=1S/C14H29N3O3/c1-12(7-8-15)5-6-14(19)17(2)11-13(18)16-9-4-10-20-3/h12H,4-11,15H2,1-3H3,(H,16,18). The van der Waals surface area contributed by atoms with Gasteiger partial charge in [-0.05, 0) is 31.7 Å². The first kappa shape index (κ1) is 18.9. The van der Waals surface area contributed by atoms with Crippen LogP contribution in [0.25, 0.3) is 0 Å². The van der Waals surface area contributed by atoms with Gasteiger partial charge in [-0.2, -0.15) is 0 Å². The minimum Gasteiger partial charge on any atom is -0.385 e. The maximum Gasteiger partial charge on any atom is 0.239 e. The van der Waals surface area contributed by atoms with E-state index in [0.717, 1.165) is 19.3 Å². The summed E-state index contributed by atoms with van der Waals surface area (Å²) in [7, 11) is 3.28. The molecule has 0 radical (unpaired) electrons. The highest BCUT2D eigenvalue weighted by Gasteiger charge is 2.13. The van der Waals surface area contributed by atoms with Crippen LogP contribution in [0.4, 0.5) is 0 Å². The van der Waals surface area contributed by atoms with Crippen LogP contribution in [0.2, 0.25) is 0 Å². The topological polar surface area (TPSA) is 84.7 Å². The van der Waals surface area contributed by atoms with Crippen molar-refractivity contribution in [2.45, 2.75) is 32.6 Å². The molecule has 1 atom stereocenters. The molecular weight excluding hydrogens is 258 g/mol. The van der Waals surface area contributed by atoms with Crippen LogP contribution in [-0.2, 0) is 14.3 Å². The van der Waals surface area contributed by atoms with Crippen molar-refractivity contribution >= 4 is 11.8 Å². The number of carbonyl (C=O) groups is 2. The molecule has 0 saturated carbocycles. The molecule has 0 fully saturated rings. The summed E-state index contributed by atoms with van der Waals surface area (Å²) in [6, 6.07) is 0. The number of nitrogens with two attached hydrogens (primary N) is 1. The van der Waals surface area contributed by atoms with Crippen molar-refractivity contribution in [3.63, 3.8) is 0 Å². The van der Waals surface area contributed by atoms with Crippen molar-refractivity contribution in [2.24, 2.45) is 11.7 Å². The Bertz CT molecular complexity index is 285. The van der Waals surface area contributed by atoms with E-state index >= 15 is 0 Å². The molecule has 0 heterocycles. The Labute approximate surface area is 122 Å². The fourth-order valence-electron chi connectivity index (χ4n) is 1.79. The van der Waals surface area contributed by atoms with Gasteiger partial charge in [0.2, 0.25) is 11.8 Å². The number of hydrogen-bond acceptors (Lipinski definition) is 4. The Morgan fingerprint density at radius 3 is 2.65 bits per heavy atom. The van der Waals surface area contributed by atoms with Gasteiger partial charge in [0, 0.05) is 33.7 Å². The average molecular weight is 287 g/mol. The lowest BCUT2D eigenvalue weighted by Crippen LogP contribution is -2.38. The van der Waals surface area contributed by atoms with Crippen LogP contribution in [0.1, 0.15) is 32.6 Å². The van der Waals surface area contributed by atoms with Crippen molar-refractivity contribution in [2.75, 3.05) is 40.4 Å². The van der Waals surface area contributed by atoms with Gasteiger partial charge in [-0.15, -0.1) is 0 Å². The Balaban J connectivity index is 3.80. The van der Waals surface area contributed by atoms with E-state index in [0.29, 0.717) is 32.0 Å². The van der Waals surface area contributed by atoms with Gasteiger partial charge < -0.3 is 20.7 Å². The summed E-state index contributed by atoms with van der Waals surface area (Å²) in [6.45, 7) is 4.03. The predicted molar refractivity (Wildman–Crippen MR) is 79.2 cm³/mol. The smallest absolute Gasteiger partial charge is 0.239 e. The molecule has 0 saturated heterocycles. The summed E-state index contributed by atoms with van der Waals surface area (Å²) in [6.07, 6.45) is 2.98. The SMILES string of the molecule is COCCCNC(=O)CN(C)C(=O)CCC(C)CCN. The highest BCUT2D eigenvalue weighted by molar-refractivity contribution is 5.84. The van der Waals surface area contributed by atoms with Crippen molar-refractivity contribution < 1.29 is 14.3 Å². The van der Waals surface area contributed by atoms with E-state index in [9.17, 15) is 9.59 Å². The van der Waals surface area contributed by atoms with E-state index in [1.165, 1.54) is 4.90 Å². The van der Waals surface area contributed by atoms with E-state index < -0.39 is 0 Å². The van der Waals surface area contributed by atoms with Gasteiger partial charge in [-0.3, -0.25) is 9.59 Å². The first-order valence-electron chi connectivity index (χ1n) is 7.20. The van der Waals surface area contributed by atoms with Crippen molar-refractivity contribution in [1.29, 1.82) is 0 Å². The normalized spacial score (nSPS) is 12.0. The molecule has 6 nitrogen and oxygen atoms in total. The number of nitrogens with zero attached hydrogens (tertiary/aromatic N) is 1. The third-order valence-electron chi connectivity index (χ3n) is 3.16. The quantitative estimate of drug-likeness (QED) is 0.537. The number of likely N-dealkylation sites (N-methyl/N-ethyl adjacent to an activating group) is 1. The molecule has 1 unspecified atom stereocenters. The predicted octanol–water partition coefficient (Wildman–Crippen LogP) is 0.363. The highest BCUT2D eigenvalue weighted by Crippen LogP contribution is 2.10. The van der Waals surface area contributed by atoms with Gasteiger partial charge >= 0.3 is 0 Å². The molecule has 2 amide bonds. The zero-order chi connectivity index (χ0) is 15.4. The molecule has 0 aliphatic heterocycles. The molecule has 0 bridgehead atoms. The molecule has 0 aromatic heterocycles. The lowest BCUT2D eigenvalue weighted by molar-refractivity contribution is -0.134. The summed E-state index contributed by atoms with van der Waals surface area (Å²) in [5.74, 6) is 0.313. The minimum atomic E-state index is -0.132. The van der Waals surface area contributed by atoms with Gasteiger partial charge in [0.1, 0.15) is 0 Å². The van der Waals surface area contributed by atoms with Crippen LogP contribution in [0.15, 0.2) is 0 Å². The second-order valence-electron chi connectivity index (χ2n) is 5.17. The Morgan fingerprint density at radius 2 is 2.05 bits per heavy atom. The monoisotopic (exact) mass is 287 g/mol. The Morgan fingerprint density at radius 1 is 1.35 bits per heavy atom. The summed E-state index contributed by atoms with van der Waals surface area (Å²) < 4.78 is 4.89. The van der Waals surface area contributed by atoms with Crippen molar-refractivity contribution in [3.05, 3.63) is 0 Å². The maximum absolute atomic E-state index is 11.9. The molecule has 3 N–H and O–H groups in total. The second kappa shape index (κ2) is 11.7. The van der Waals surface area contributed by atoms with Gasteiger partial charge in [0.05, 0.1) is 6.54 Å². The van der Waals surface area contributed by atoms with E-state index in [1.54, 1.807) is 14.2 Å². The van der Waals surface area contributed by atoms with Crippen LogP contribution in [0.5, 0.6) is 0 Å². The molecule has 20 heavy (non-hydrogen) atoms. The average Bonchev–Trinajstić information content (AvgIpc) is 2.41. The molecule has 0 rings (SSSR count). The van der Waals surface area contributed by atoms with E-state index in [4.69, 9.17) is 10.5 Å². The summed E-state index contributed by atoms with van der Waals surface area (Å²) >= 11 is 0. The lowest BCUT2D eigenvalue weighted by Gasteiger charge is -2.18. The molecule has 0 aromatic carbocycles. The fraction of sp³-hybridized carbons (Fsp3) is 0.857. The minimum absolute atomic E-state index is 0.000845. The highest BCUT2D eigenvalue weighted by atomic mass is 16.5. The Hall–Kier alpha value is -1.14. The maximum atomic E-state index is 11.9. The van der Waals surface area contributed by atoms with Crippen molar-refractivity contribution in [1.82, 2.24) is 10.2 Å². The van der Waals surface area contributed by atoms with Crippen LogP contribution in [0.3, 0.4) is 0 Å². The molecule has 0 aliphatic rings. The zero-order valence-electron chi connectivity index (χ0n) is 13.0. The van der Waals surface area contributed by atoms with Gasteiger partial charge in [-0.25, -0.2) is 0 Å². The van der Waals surface area contributed by atoms with E-state index in [2.05, 4.69) is 12.2 Å².